The molecule has 2 aromatic rings. The molecular weight excluding hydrogens is 330 g/mol. The zero-order chi connectivity index (χ0) is 18.1. The summed E-state index contributed by atoms with van der Waals surface area (Å²) in [5, 5.41) is 0. The highest BCUT2D eigenvalue weighted by Gasteiger charge is 2.36. The predicted octanol–water partition coefficient (Wildman–Crippen LogP) is 3.85. The van der Waals surface area contributed by atoms with Gasteiger partial charge in [-0.3, -0.25) is 4.79 Å². The third-order valence-electron chi connectivity index (χ3n) is 4.92. The first-order valence-corrected chi connectivity index (χ1v) is 9.01. The molecule has 5 heteroatoms. The Bertz CT molecular complexity index is 838. The van der Waals surface area contributed by atoms with Crippen LogP contribution in [0.25, 0.3) is 6.08 Å². The van der Waals surface area contributed by atoms with Crippen molar-refractivity contribution in [3.63, 3.8) is 0 Å². The molecule has 1 aliphatic heterocycles. The maximum Gasteiger partial charge on any atom is 0.246 e. The molecule has 1 aromatic carbocycles. The van der Waals surface area contributed by atoms with Crippen molar-refractivity contribution in [1.82, 2.24) is 4.90 Å². The summed E-state index contributed by atoms with van der Waals surface area (Å²) in [5.41, 5.74) is 1.00. The number of furan rings is 1. The van der Waals surface area contributed by atoms with Crippen molar-refractivity contribution in [1.29, 1.82) is 0 Å². The van der Waals surface area contributed by atoms with Gasteiger partial charge in [-0.15, -0.1) is 0 Å². The van der Waals surface area contributed by atoms with Gasteiger partial charge in [-0.2, -0.15) is 0 Å². The molecule has 1 amide bonds. The minimum Gasteiger partial charge on any atom is -0.486 e. The molecule has 1 saturated carbocycles. The second-order valence-corrected chi connectivity index (χ2v) is 7.07. The van der Waals surface area contributed by atoms with Crippen molar-refractivity contribution in [2.24, 2.45) is 5.92 Å². The maximum absolute atomic E-state index is 12.4. The summed E-state index contributed by atoms with van der Waals surface area (Å²) >= 11 is 0. The smallest absolute Gasteiger partial charge is 0.246 e. The molecule has 0 saturated heterocycles. The molecule has 5 nitrogen and oxygen atoms in total. The van der Waals surface area contributed by atoms with E-state index in [9.17, 15) is 4.79 Å². The van der Waals surface area contributed by atoms with Crippen LogP contribution in [0, 0.1) is 5.92 Å². The fourth-order valence-electron chi connectivity index (χ4n) is 3.19. The van der Waals surface area contributed by atoms with Gasteiger partial charge in [0.1, 0.15) is 24.7 Å². The Morgan fingerprint density at radius 3 is 2.73 bits per heavy atom. The molecule has 2 heterocycles. The van der Waals surface area contributed by atoms with Crippen LogP contribution in [-0.2, 0) is 11.3 Å². The Balaban J connectivity index is 1.36. The van der Waals surface area contributed by atoms with Crippen molar-refractivity contribution in [3.8, 4) is 11.5 Å². The summed E-state index contributed by atoms with van der Waals surface area (Å²) in [6.45, 7) is 3.85. The number of benzene rings is 1. The quantitative estimate of drug-likeness (QED) is 0.766. The van der Waals surface area contributed by atoms with E-state index in [4.69, 9.17) is 13.9 Å². The molecule has 2 aliphatic rings. The van der Waals surface area contributed by atoms with Crippen LogP contribution in [0.15, 0.2) is 40.8 Å². The number of hydrogen-bond donors (Lipinski definition) is 0. The van der Waals surface area contributed by atoms with E-state index in [2.05, 4.69) is 6.92 Å². The number of carbonyl (C=O) groups is 1. The highest BCUT2D eigenvalue weighted by atomic mass is 16.6. The lowest BCUT2D eigenvalue weighted by Gasteiger charge is -2.20. The number of fused-ring (bicyclic) bond motifs is 1. The lowest BCUT2D eigenvalue weighted by Crippen LogP contribution is -2.24. The van der Waals surface area contributed by atoms with Crippen LogP contribution >= 0.6 is 0 Å². The van der Waals surface area contributed by atoms with Gasteiger partial charge in [-0.05, 0) is 48.2 Å². The van der Waals surface area contributed by atoms with Crippen LogP contribution < -0.4 is 9.47 Å². The van der Waals surface area contributed by atoms with Crippen LogP contribution in [0.2, 0.25) is 0 Å². The van der Waals surface area contributed by atoms with E-state index in [0.29, 0.717) is 31.6 Å². The number of carbonyl (C=O) groups excluding carboxylic acids is 1. The zero-order valence-corrected chi connectivity index (χ0v) is 15.1. The van der Waals surface area contributed by atoms with Gasteiger partial charge in [-0.1, -0.05) is 13.0 Å². The predicted molar refractivity (Wildman–Crippen MR) is 98.2 cm³/mol. The van der Waals surface area contributed by atoms with Crippen molar-refractivity contribution < 1.29 is 18.7 Å². The van der Waals surface area contributed by atoms with E-state index < -0.39 is 0 Å². The Morgan fingerprint density at radius 1 is 1.19 bits per heavy atom. The average molecular weight is 353 g/mol. The number of ether oxygens (including phenoxy) is 2. The Hall–Kier alpha value is -2.69. The first-order valence-electron chi connectivity index (χ1n) is 9.01. The van der Waals surface area contributed by atoms with E-state index in [1.165, 1.54) is 6.42 Å². The standard InChI is InChI=1S/C21H23NO4/c1-14-11-17(14)18-7-4-16(26-18)5-8-21(23)22(2)13-15-3-6-19-20(12-15)25-10-9-24-19/h3-8,12,14,17H,9-11,13H2,1-2H3/b8-5+. The van der Waals surface area contributed by atoms with Crippen molar-refractivity contribution >= 4 is 12.0 Å². The lowest BCUT2D eigenvalue weighted by molar-refractivity contribution is -0.125. The van der Waals surface area contributed by atoms with Crippen LogP contribution in [0.3, 0.4) is 0 Å². The molecular formula is C21H23NO4. The molecule has 0 N–H and O–H groups in total. The summed E-state index contributed by atoms with van der Waals surface area (Å²) in [6.07, 6.45) is 4.48. The molecule has 1 aliphatic carbocycles. The van der Waals surface area contributed by atoms with Crippen LogP contribution in [-0.4, -0.2) is 31.1 Å². The second-order valence-electron chi connectivity index (χ2n) is 7.07. The minimum atomic E-state index is -0.0716. The first kappa shape index (κ1) is 16.8. The van der Waals surface area contributed by atoms with Gasteiger partial charge in [0.15, 0.2) is 11.5 Å². The molecule has 136 valence electrons. The van der Waals surface area contributed by atoms with Gasteiger partial charge in [0, 0.05) is 25.6 Å². The molecule has 2 unspecified atom stereocenters. The molecule has 0 spiro atoms. The van der Waals surface area contributed by atoms with Crippen molar-refractivity contribution in [3.05, 3.63) is 53.5 Å². The monoisotopic (exact) mass is 353 g/mol. The van der Waals surface area contributed by atoms with E-state index in [1.54, 1.807) is 24.1 Å². The summed E-state index contributed by atoms with van der Waals surface area (Å²) in [4.78, 5) is 14.0. The summed E-state index contributed by atoms with van der Waals surface area (Å²) in [5.74, 6) is 4.42. The largest absolute Gasteiger partial charge is 0.486 e. The molecule has 26 heavy (non-hydrogen) atoms. The summed E-state index contributed by atoms with van der Waals surface area (Å²) in [7, 11) is 1.78. The SMILES string of the molecule is CC1CC1c1ccc(/C=C/C(=O)N(C)Cc2ccc3c(c2)OCCO3)o1. The molecule has 2 atom stereocenters. The van der Waals surface area contributed by atoms with Gasteiger partial charge in [0.25, 0.3) is 0 Å². The molecule has 1 aromatic heterocycles. The zero-order valence-electron chi connectivity index (χ0n) is 15.1. The molecule has 4 rings (SSSR count). The van der Waals surface area contributed by atoms with Crippen molar-refractivity contribution in [2.45, 2.75) is 25.8 Å². The molecule has 0 bridgehead atoms. The Kier molecular flexibility index (Phi) is 4.45. The Morgan fingerprint density at radius 2 is 1.96 bits per heavy atom. The summed E-state index contributed by atoms with van der Waals surface area (Å²) in [6, 6.07) is 9.71. The highest BCUT2D eigenvalue weighted by molar-refractivity contribution is 5.91. The normalized spacial score (nSPS) is 21.0. The van der Waals surface area contributed by atoms with Crippen molar-refractivity contribution in [2.75, 3.05) is 20.3 Å². The van der Waals surface area contributed by atoms with Crippen LogP contribution in [0.5, 0.6) is 11.5 Å². The number of rotatable bonds is 5. The highest BCUT2D eigenvalue weighted by Crippen LogP contribution is 2.47. The van der Waals surface area contributed by atoms with Gasteiger partial charge < -0.3 is 18.8 Å². The number of hydrogen-bond acceptors (Lipinski definition) is 4. The molecule has 1 fully saturated rings. The van der Waals surface area contributed by atoms with E-state index in [0.717, 1.165) is 28.6 Å². The first-order chi connectivity index (χ1) is 12.6. The van der Waals surface area contributed by atoms with E-state index in [1.807, 2.05) is 30.3 Å². The topological polar surface area (TPSA) is 51.9 Å². The van der Waals surface area contributed by atoms with Crippen LogP contribution in [0.1, 0.15) is 36.3 Å². The van der Waals surface area contributed by atoms with Gasteiger partial charge in [0.2, 0.25) is 5.91 Å². The minimum absolute atomic E-state index is 0.0716. The van der Waals surface area contributed by atoms with Crippen LogP contribution in [0.4, 0.5) is 0 Å². The third kappa shape index (κ3) is 3.62. The maximum atomic E-state index is 12.4. The lowest BCUT2D eigenvalue weighted by atomic mass is 10.2. The number of nitrogens with zero attached hydrogens (tertiary/aromatic N) is 1. The third-order valence-corrected chi connectivity index (χ3v) is 4.92. The fraction of sp³-hybridized carbons (Fsp3) is 0.381. The van der Waals surface area contributed by atoms with E-state index >= 15 is 0 Å². The van der Waals surface area contributed by atoms with E-state index in [-0.39, 0.29) is 5.91 Å². The molecule has 0 radical (unpaired) electrons. The van der Waals surface area contributed by atoms with Gasteiger partial charge >= 0.3 is 0 Å². The average Bonchev–Trinajstić information content (AvgIpc) is 3.19. The van der Waals surface area contributed by atoms with Gasteiger partial charge in [0.05, 0.1) is 0 Å². The second kappa shape index (κ2) is 6.90. The van der Waals surface area contributed by atoms with Gasteiger partial charge in [-0.25, -0.2) is 0 Å². The Labute approximate surface area is 153 Å². The summed E-state index contributed by atoms with van der Waals surface area (Å²) < 4.78 is 16.9. The number of amides is 1. The number of likely N-dealkylation sites (N-methyl/N-ethyl adjacent to an activating group) is 1. The fourth-order valence-corrected chi connectivity index (χ4v) is 3.19.